The number of piperidine rings is 1. The minimum absolute atomic E-state index is 0.276. The van der Waals surface area contributed by atoms with E-state index in [1.165, 1.54) is 11.1 Å². The van der Waals surface area contributed by atoms with Crippen LogP contribution < -0.4 is 5.73 Å². The molecule has 2 rings (SSSR count). The van der Waals surface area contributed by atoms with Crippen LogP contribution in [0.5, 0.6) is 0 Å². The van der Waals surface area contributed by atoms with Crippen LogP contribution in [0.25, 0.3) is 0 Å². The molecule has 20 heavy (non-hydrogen) atoms. The first-order chi connectivity index (χ1) is 9.60. The number of amides is 1. The average Bonchev–Trinajstić information content (AvgIpc) is 2.46. The van der Waals surface area contributed by atoms with Crippen molar-refractivity contribution in [2.45, 2.75) is 51.5 Å². The van der Waals surface area contributed by atoms with Crippen molar-refractivity contribution >= 4 is 5.91 Å². The molecule has 0 aromatic heterocycles. The Kier molecular flexibility index (Phi) is 5.18. The first kappa shape index (κ1) is 15.0. The second-order valence-electron chi connectivity index (χ2n) is 5.94. The minimum atomic E-state index is 0.276. The number of aryl methyl sites for hydroxylation is 1. The van der Waals surface area contributed by atoms with E-state index in [1.54, 1.807) is 0 Å². The van der Waals surface area contributed by atoms with E-state index in [0.717, 1.165) is 32.4 Å². The first-order valence-corrected chi connectivity index (χ1v) is 7.70. The summed E-state index contributed by atoms with van der Waals surface area (Å²) in [6.45, 7) is 5.89. The van der Waals surface area contributed by atoms with Gasteiger partial charge in [-0.05, 0) is 37.7 Å². The molecule has 1 amide bonds. The molecule has 0 aliphatic carbocycles. The molecule has 0 radical (unpaired) electrons. The monoisotopic (exact) mass is 274 g/mol. The van der Waals surface area contributed by atoms with Gasteiger partial charge < -0.3 is 10.6 Å². The molecule has 0 saturated carbocycles. The summed E-state index contributed by atoms with van der Waals surface area (Å²) >= 11 is 0. The number of rotatable bonds is 4. The summed E-state index contributed by atoms with van der Waals surface area (Å²) in [6.07, 6.45) is 3.50. The number of likely N-dealkylation sites (tertiary alicyclic amines) is 1. The number of hydrogen-bond donors (Lipinski definition) is 1. The molecule has 3 heteroatoms. The van der Waals surface area contributed by atoms with E-state index >= 15 is 0 Å². The number of nitrogens with two attached hydrogens (primary N) is 1. The van der Waals surface area contributed by atoms with Gasteiger partial charge in [-0.3, -0.25) is 4.79 Å². The normalized spacial score (nSPS) is 18.1. The lowest BCUT2D eigenvalue weighted by atomic mass is 9.91. The zero-order valence-corrected chi connectivity index (χ0v) is 12.6. The van der Waals surface area contributed by atoms with Crippen molar-refractivity contribution < 1.29 is 4.79 Å². The Labute approximate surface area is 122 Å². The lowest BCUT2D eigenvalue weighted by molar-refractivity contribution is -0.132. The van der Waals surface area contributed by atoms with Crippen molar-refractivity contribution in [3.8, 4) is 0 Å². The van der Waals surface area contributed by atoms with Gasteiger partial charge in [0.25, 0.3) is 0 Å². The number of hydrogen-bond acceptors (Lipinski definition) is 2. The molecule has 1 aliphatic rings. The summed E-state index contributed by atoms with van der Waals surface area (Å²) in [5, 5.41) is 0. The molecular formula is C17H26N2O. The number of benzene rings is 1. The zero-order chi connectivity index (χ0) is 14.5. The summed E-state index contributed by atoms with van der Waals surface area (Å²) in [4.78, 5) is 14.4. The molecule has 1 aromatic rings. The van der Waals surface area contributed by atoms with Crippen LogP contribution in [0.15, 0.2) is 24.3 Å². The lowest BCUT2D eigenvalue weighted by Crippen LogP contribution is -2.43. The van der Waals surface area contributed by atoms with Gasteiger partial charge in [0.2, 0.25) is 5.91 Å². The van der Waals surface area contributed by atoms with E-state index in [-0.39, 0.29) is 11.9 Å². The Morgan fingerprint density at radius 2 is 1.90 bits per heavy atom. The molecular weight excluding hydrogens is 248 g/mol. The van der Waals surface area contributed by atoms with E-state index in [9.17, 15) is 4.79 Å². The van der Waals surface area contributed by atoms with Gasteiger partial charge in [-0.15, -0.1) is 0 Å². The van der Waals surface area contributed by atoms with Crippen LogP contribution in [0.4, 0.5) is 0 Å². The maximum Gasteiger partial charge on any atom is 0.223 e. The molecule has 2 N–H and O–H groups in total. The van der Waals surface area contributed by atoms with Gasteiger partial charge in [-0.2, -0.15) is 0 Å². The Balaban J connectivity index is 1.95. The molecule has 1 saturated heterocycles. The van der Waals surface area contributed by atoms with Gasteiger partial charge in [0, 0.05) is 25.6 Å². The van der Waals surface area contributed by atoms with Gasteiger partial charge in [0.15, 0.2) is 0 Å². The third-order valence-corrected chi connectivity index (χ3v) is 4.35. The van der Waals surface area contributed by atoms with Gasteiger partial charge in [0.05, 0.1) is 0 Å². The third kappa shape index (κ3) is 3.83. The smallest absolute Gasteiger partial charge is 0.223 e. The Morgan fingerprint density at radius 1 is 1.30 bits per heavy atom. The molecule has 1 heterocycles. The Bertz CT molecular complexity index is 433. The van der Waals surface area contributed by atoms with Crippen molar-refractivity contribution in [1.29, 1.82) is 0 Å². The fraction of sp³-hybridized carbons (Fsp3) is 0.588. The van der Waals surface area contributed by atoms with E-state index in [0.29, 0.717) is 12.3 Å². The Hall–Kier alpha value is -1.35. The highest BCUT2D eigenvalue weighted by molar-refractivity contribution is 5.77. The highest BCUT2D eigenvalue weighted by atomic mass is 16.2. The minimum Gasteiger partial charge on any atom is -0.343 e. The molecule has 0 bridgehead atoms. The molecule has 110 valence electrons. The van der Waals surface area contributed by atoms with Crippen molar-refractivity contribution in [2.75, 3.05) is 13.1 Å². The van der Waals surface area contributed by atoms with Crippen LogP contribution in [0.1, 0.15) is 49.7 Å². The predicted octanol–water partition coefficient (Wildman–Crippen LogP) is 2.83. The van der Waals surface area contributed by atoms with Crippen LogP contribution in [-0.2, 0) is 4.79 Å². The average molecular weight is 274 g/mol. The molecule has 1 atom stereocenters. The van der Waals surface area contributed by atoms with Gasteiger partial charge in [0.1, 0.15) is 0 Å². The number of nitrogens with zero attached hydrogens (tertiary/aromatic N) is 1. The molecule has 3 nitrogen and oxygen atoms in total. The highest BCUT2D eigenvalue weighted by Gasteiger charge is 2.23. The van der Waals surface area contributed by atoms with E-state index in [2.05, 4.69) is 38.1 Å². The van der Waals surface area contributed by atoms with Crippen molar-refractivity contribution in [3.63, 3.8) is 0 Å². The molecule has 0 spiro atoms. The standard InChI is InChI=1S/C17H26N2O/c1-3-14(15-6-4-13(2)5-7-15)12-17(20)19-10-8-16(18)9-11-19/h4-7,14,16H,3,8-12,18H2,1-2H3. The van der Waals surface area contributed by atoms with Gasteiger partial charge in [-0.1, -0.05) is 36.8 Å². The van der Waals surface area contributed by atoms with Crippen molar-refractivity contribution in [2.24, 2.45) is 5.73 Å². The van der Waals surface area contributed by atoms with Crippen molar-refractivity contribution in [1.82, 2.24) is 4.90 Å². The largest absolute Gasteiger partial charge is 0.343 e. The van der Waals surface area contributed by atoms with Crippen molar-refractivity contribution in [3.05, 3.63) is 35.4 Å². The second kappa shape index (κ2) is 6.89. The summed E-state index contributed by atoms with van der Waals surface area (Å²) in [5.74, 6) is 0.614. The quantitative estimate of drug-likeness (QED) is 0.917. The summed E-state index contributed by atoms with van der Waals surface area (Å²) in [5.41, 5.74) is 8.43. The third-order valence-electron chi connectivity index (χ3n) is 4.35. The van der Waals surface area contributed by atoms with Crippen LogP contribution in [0.2, 0.25) is 0 Å². The molecule has 1 aliphatic heterocycles. The number of carbonyl (C=O) groups is 1. The maximum atomic E-state index is 12.4. The topological polar surface area (TPSA) is 46.3 Å². The fourth-order valence-corrected chi connectivity index (χ4v) is 2.83. The van der Waals surface area contributed by atoms with Gasteiger partial charge >= 0.3 is 0 Å². The van der Waals surface area contributed by atoms with E-state index < -0.39 is 0 Å². The SMILES string of the molecule is CCC(CC(=O)N1CCC(N)CC1)c1ccc(C)cc1. The molecule has 1 aromatic carbocycles. The first-order valence-electron chi connectivity index (χ1n) is 7.70. The van der Waals surface area contributed by atoms with Crippen LogP contribution >= 0.6 is 0 Å². The fourth-order valence-electron chi connectivity index (χ4n) is 2.83. The predicted molar refractivity (Wildman–Crippen MR) is 82.6 cm³/mol. The lowest BCUT2D eigenvalue weighted by Gasteiger charge is -2.31. The summed E-state index contributed by atoms with van der Waals surface area (Å²) in [7, 11) is 0. The Morgan fingerprint density at radius 3 is 2.45 bits per heavy atom. The van der Waals surface area contributed by atoms with E-state index in [4.69, 9.17) is 5.73 Å². The van der Waals surface area contributed by atoms with Gasteiger partial charge in [-0.25, -0.2) is 0 Å². The molecule has 1 fully saturated rings. The summed E-state index contributed by atoms with van der Waals surface area (Å²) in [6, 6.07) is 8.84. The van der Waals surface area contributed by atoms with Crippen LogP contribution in [0.3, 0.4) is 0 Å². The highest BCUT2D eigenvalue weighted by Crippen LogP contribution is 2.25. The molecule has 1 unspecified atom stereocenters. The summed E-state index contributed by atoms with van der Waals surface area (Å²) < 4.78 is 0. The maximum absolute atomic E-state index is 12.4. The zero-order valence-electron chi connectivity index (χ0n) is 12.6. The number of carbonyl (C=O) groups excluding carboxylic acids is 1. The van der Waals surface area contributed by atoms with Crippen LogP contribution in [0, 0.1) is 6.92 Å². The van der Waals surface area contributed by atoms with Crippen LogP contribution in [-0.4, -0.2) is 29.9 Å². The van der Waals surface area contributed by atoms with E-state index in [1.807, 2.05) is 4.90 Å². The second-order valence-corrected chi connectivity index (χ2v) is 5.94.